The minimum Gasteiger partial charge on any atom is -0.550 e. The lowest BCUT2D eigenvalue weighted by Gasteiger charge is -2.24. The molecule has 0 saturated heterocycles. The maximum absolute atomic E-state index is 13.2. The summed E-state index contributed by atoms with van der Waals surface area (Å²) in [6.07, 6.45) is 0.261. The number of hydrogen-bond acceptors (Lipinski definition) is 6. The molecule has 3 aromatic rings. The normalized spacial score (nSPS) is 15.1. The topological polar surface area (TPSA) is 139 Å². The summed E-state index contributed by atoms with van der Waals surface area (Å²) in [6.45, 7) is 0.736. The second-order valence-corrected chi connectivity index (χ2v) is 9.69. The zero-order chi connectivity index (χ0) is 25.7. The molecule has 4 N–H and O–H groups in total. The van der Waals surface area contributed by atoms with Crippen LogP contribution in [-0.2, 0) is 22.6 Å². The fourth-order valence-electron chi connectivity index (χ4n) is 3.97. The minimum absolute atomic E-state index is 0.0754. The molecule has 1 atom stereocenters. The van der Waals surface area contributed by atoms with Crippen LogP contribution in [0.1, 0.15) is 33.5 Å². The number of carboxylic acid groups (broad SMARTS) is 1. The number of carbonyl (C=O) groups is 3. The Balaban J connectivity index is 1.55. The van der Waals surface area contributed by atoms with E-state index < -0.39 is 11.2 Å². The number of amidine groups is 1. The van der Waals surface area contributed by atoms with Crippen molar-refractivity contribution >= 4 is 41.1 Å². The highest BCUT2D eigenvalue weighted by Gasteiger charge is 2.30. The van der Waals surface area contributed by atoms with Crippen molar-refractivity contribution in [2.24, 2.45) is 5.73 Å². The summed E-state index contributed by atoms with van der Waals surface area (Å²) in [5.74, 6) is -1.91. The van der Waals surface area contributed by atoms with Gasteiger partial charge in [0.15, 0.2) is 0 Å². The predicted molar refractivity (Wildman–Crippen MR) is 137 cm³/mol. The highest BCUT2D eigenvalue weighted by atomic mass is 32.2. The molecule has 0 saturated carbocycles. The Bertz CT molecular complexity index is 1290. The number of nitrogen functional groups attached to an aromatic ring is 1. The van der Waals surface area contributed by atoms with Crippen molar-refractivity contribution in [3.63, 3.8) is 0 Å². The van der Waals surface area contributed by atoms with E-state index in [1.54, 1.807) is 41.3 Å². The van der Waals surface area contributed by atoms with Crippen LogP contribution in [0.4, 0.5) is 5.69 Å². The molecule has 1 aliphatic heterocycles. The van der Waals surface area contributed by atoms with Crippen LogP contribution in [0.3, 0.4) is 0 Å². The number of anilines is 1. The van der Waals surface area contributed by atoms with Gasteiger partial charge in [0.1, 0.15) is 5.84 Å². The average Bonchev–Trinajstić information content (AvgIpc) is 2.99. The van der Waals surface area contributed by atoms with Gasteiger partial charge in [-0.1, -0.05) is 42.5 Å². The van der Waals surface area contributed by atoms with Crippen molar-refractivity contribution in [3.05, 3.63) is 95.1 Å². The van der Waals surface area contributed by atoms with E-state index in [1.165, 1.54) is 11.8 Å². The summed E-state index contributed by atoms with van der Waals surface area (Å²) < 4.78 is 0. The van der Waals surface area contributed by atoms with E-state index in [9.17, 15) is 19.5 Å². The monoisotopic (exact) mass is 501 g/mol. The Morgan fingerprint density at radius 3 is 2.42 bits per heavy atom. The van der Waals surface area contributed by atoms with Crippen LogP contribution >= 0.6 is 11.8 Å². The molecule has 0 bridgehead atoms. The van der Waals surface area contributed by atoms with Gasteiger partial charge in [-0.3, -0.25) is 15.0 Å². The van der Waals surface area contributed by atoms with Gasteiger partial charge in [-0.25, -0.2) is 0 Å². The molecule has 1 aliphatic rings. The SMILES string of the molecule is N=C(N)c1ccc(C(=O)Nc2ccc3c(c2)CN(CCc2ccccc2)C(=O)C(CC(=O)[O-])S3)cc1. The number of fused-ring (bicyclic) bond motifs is 1. The largest absolute Gasteiger partial charge is 0.550 e. The fourth-order valence-corrected chi connectivity index (χ4v) is 5.17. The molecule has 9 heteroatoms. The van der Waals surface area contributed by atoms with Crippen LogP contribution in [0.2, 0.25) is 0 Å². The molecule has 1 unspecified atom stereocenters. The molecule has 4 rings (SSSR count). The second-order valence-electron chi connectivity index (χ2n) is 8.45. The molecule has 184 valence electrons. The number of carbonyl (C=O) groups excluding carboxylic acids is 3. The Kier molecular flexibility index (Phi) is 7.70. The molecule has 3 aromatic carbocycles. The van der Waals surface area contributed by atoms with Crippen molar-refractivity contribution in [2.75, 3.05) is 11.9 Å². The van der Waals surface area contributed by atoms with Gasteiger partial charge in [-0.2, -0.15) is 0 Å². The van der Waals surface area contributed by atoms with Crippen molar-refractivity contribution in [3.8, 4) is 0 Å². The van der Waals surface area contributed by atoms with Crippen LogP contribution in [-0.4, -0.2) is 40.3 Å². The molecule has 0 spiro atoms. The third-order valence-corrected chi connectivity index (χ3v) is 7.16. The number of rotatable bonds is 8. The maximum Gasteiger partial charge on any atom is 0.255 e. The lowest BCUT2D eigenvalue weighted by atomic mass is 10.1. The zero-order valence-electron chi connectivity index (χ0n) is 19.4. The lowest BCUT2D eigenvalue weighted by Crippen LogP contribution is -2.40. The molecule has 8 nitrogen and oxygen atoms in total. The Hall–Kier alpha value is -4.11. The van der Waals surface area contributed by atoms with E-state index in [2.05, 4.69) is 5.32 Å². The van der Waals surface area contributed by atoms with E-state index in [1.807, 2.05) is 36.4 Å². The number of aliphatic carboxylic acids is 1. The molecular weight excluding hydrogens is 476 g/mol. The summed E-state index contributed by atoms with van der Waals surface area (Å²) >= 11 is 1.21. The van der Waals surface area contributed by atoms with Crippen molar-refractivity contribution in [1.82, 2.24) is 4.90 Å². The minimum atomic E-state index is -1.27. The Morgan fingerprint density at radius 1 is 1.06 bits per heavy atom. The highest BCUT2D eigenvalue weighted by molar-refractivity contribution is 8.00. The first-order valence-corrected chi connectivity index (χ1v) is 12.3. The fraction of sp³-hybridized carbons (Fsp3) is 0.185. The Morgan fingerprint density at radius 2 is 1.75 bits per heavy atom. The number of carboxylic acids is 1. The van der Waals surface area contributed by atoms with Crippen molar-refractivity contribution < 1.29 is 19.5 Å². The van der Waals surface area contributed by atoms with Crippen molar-refractivity contribution in [2.45, 2.75) is 29.5 Å². The average molecular weight is 502 g/mol. The van der Waals surface area contributed by atoms with Crippen LogP contribution in [0.25, 0.3) is 0 Å². The molecule has 0 aliphatic carbocycles. The van der Waals surface area contributed by atoms with Crippen LogP contribution < -0.4 is 16.2 Å². The van der Waals surface area contributed by atoms with Gasteiger partial charge >= 0.3 is 0 Å². The smallest absolute Gasteiger partial charge is 0.255 e. The third-order valence-electron chi connectivity index (χ3n) is 5.86. The van der Waals surface area contributed by atoms with E-state index in [4.69, 9.17) is 11.1 Å². The van der Waals surface area contributed by atoms with Gasteiger partial charge < -0.3 is 25.9 Å². The maximum atomic E-state index is 13.2. The van der Waals surface area contributed by atoms with E-state index in [0.717, 1.165) is 16.0 Å². The summed E-state index contributed by atoms with van der Waals surface area (Å²) in [6, 6.07) is 21.5. The van der Waals surface area contributed by atoms with E-state index in [0.29, 0.717) is 36.3 Å². The summed E-state index contributed by atoms with van der Waals surface area (Å²) in [5.41, 5.74) is 8.88. The zero-order valence-corrected chi connectivity index (χ0v) is 20.2. The number of nitrogens with zero attached hydrogens (tertiary/aromatic N) is 1. The number of benzene rings is 3. The molecule has 0 fully saturated rings. The molecule has 0 aromatic heterocycles. The molecule has 1 heterocycles. The van der Waals surface area contributed by atoms with Crippen LogP contribution in [0, 0.1) is 5.41 Å². The van der Waals surface area contributed by atoms with E-state index in [-0.39, 0.29) is 24.1 Å². The standard InChI is InChI=1S/C27H26N4O4S/c28-25(29)18-6-8-19(9-7-18)26(34)30-21-10-11-22-20(14-21)16-31(13-12-17-4-2-1-3-5-17)27(35)23(36-22)15-24(32)33/h1-11,14,23H,12-13,15-16H2,(H3,28,29)(H,30,34)(H,32,33)/p-1. The van der Waals surface area contributed by atoms with E-state index >= 15 is 0 Å². The molecule has 2 amide bonds. The van der Waals surface area contributed by atoms with Gasteiger partial charge in [0.25, 0.3) is 5.91 Å². The first-order valence-electron chi connectivity index (χ1n) is 11.4. The van der Waals surface area contributed by atoms with Crippen LogP contribution in [0.15, 0.2) is 77.7 Å². The van der Waals surface area contributed by atoms with Crippen LogP contribution in [0.5, 0.6) is 0 Å². The van der Waals surface area contributed by atoms with Gasteiger partial charge in [0, 0.05) is 47.2 Å². The molecular formula is C27H25N4O4S-. The number of nitrogens with one attached hydrogen (secondary N) is 2. The predicted octanol–water partition coefficient (Wildman–Crippen LogP) is 2.41. The highest BCUT2D eigenvalue weighted by Crippen LogP contribution is 2.35. The molecule has 0 radical (unpaired) electrons. The molecule has 36 heavy (non-hydrogen) atoms. The van der Waals surface area contributed by atoms with Gasteiger partial charge in [0.2, 0.25) is 5.91 Å². The van der Waals surface area contributed by atoms with Gasteiger partial charge in [-0.15, -0.1) is 11.8 Å². The summed E-state index contributed by atoms with van der Waals surface area (Å²) in [4.78, 5) is 39.8. The van der Waals surface area contributed by atoms with Gasteiger partial charge in [-0.05, 0) is 47.9 Å². The first kappa shape index (κ1) is 25.0. The number of nitrogens with two attached hydrogens (primary N) is 1. The Labute approximate surface area is 213 Å². The lowest BCUT2D eigenvalue weighted by molar-refractivity contribution is -0.305. The second kappa shape index (κ2) is 11.1. The quantitative estimate of drug-likeness (QED) is 0.320. The summed E-state index contributed by atoms with van der Waals surface area (Å²) in [5, 5.41) is 20.9. The first-order chi connectivity index (χ1) is 17.3. The third kappa shape index (κ3) is 6.11. The summed E-state index contributed by atoms with van der Waals surface area (Å²) in [7, 11) is 0. The van der Waals surface area contributed by atoms with Crippen molar-refractivity contribution in [1.29, 1.82) is 5.41 Å². The number of amides is 2. The number of hydrogen-bond donors (Lipinski definition) is 3. The van der Waals surface area contributed by atoms with Gasteiger partial charge in [0.05, 0.1) is 5.25 Å². The number of thioether (sulfide) groups is 1.